The molecule has 0 saturated heterocycles. The minimum absolute atomic E-state index is 0. The van der Waals surface area contributed by atoms with Crippen LogP contribution in [0, 0.1) is 0 Å². The van der Waals surface area contributed by atoms with Gasteiger partial charge < -0.3 is 4.98 Å². The average molecular weight is 268 g/mol. The molecule has 0 saturated carbocycles. The van der Waals surface area contributed by atoms with Gasteiger partial charge in [0.1, 0.15) is 5.49 Å². The molecule has 1 aliphatic carbocycles. The maximum Gasteiger partial charge on any atom is 0.133 e. The third-order valence-corrected chi connectivity index (χ3v) is 4.37. The van der Waals surface area contributed by atoms with Crippen LogP contribution in [0.1, 0.15) is 39.7 Å². The second-order valence-corrected chi connectivity index (χ2v) is 5.67. The summed E-state index contributed by atoms with van der Waals surface area (Å²) < 4.78 is 2.06. The molecule has 4 heteroatoms. The molecule has 2 bridgehead atoms. The number of nitrogens with one attached hydrogen (secondary N) is 1. The van der Waals surface area contributed by atoms with Crippen LogP contribution in [-0.2, 0) is 0 Å². The number of aromatic nitrogens is 3. The molecule has 4 heterocycles. The van der Waals surface area contributed by atoms with Crippen LogP contribution in [0.4, 0.5) is 0 Å². The lowest BCUT2D eigenvalue weighted by molar-refractivity contribution is 0.478. The van der Waals surface area contributed by atoms with Crippen molar-refractivity contribution in [3.63, 3.8) is 0 Å². The predicted molar refractivity (Wildman–Crippen MR) is 79.9 cm³/mol. The molecule has 0 radical (unpaired) electrons. The Kier molecular flexibility index (Phi) is 2.46. The van der Waals surface area contributed by atoms with Gasteiger partial charge in [0.25, 0.3) is 0 Å². The zero-order valence-corrected chi connectivity index (χ0v) is 11.8. The molecular formula is C16H20N4. The Labute approximate surface area is 119 Å². The van der Waals surface area contributed by atoms with Gasteiger partial charge in [-0.15, -0.1) is 0 Å². The van der Waals surface area contributed by atoms with Gasteiger partial charge in [-0.1, -0.05) is 13.0 Å². The van der Waals surface area contributed by atoms with Gasteiger partial charge >= 0.3 is 0 Å². The van der Waals surface area contributed by atoms with E-state index in [9.17, 15) is 0 Å². The lowest BCUT2D eigenvalue weighted by atomic mass is 9.85. The largest absolute Gasteiger partial charge is 0.346 e. The Morgan fingerprint density at radius 1 is 1.55 bits per heavy atom. The minimum atomic E-state index is 0. The molecule has 2 aromatic heterocycles. The van der Waals surface area contributed by atoms with Crippen LogP contribution in [-0.4, -0.2) is 20.8 Å². The highest BCUT2D eigenvalue weighted by Crippen LogP contribution is 2.33. The van der Waals surface area contributed by atoms with Crippen LogP contribution in [0.5, 0.6) is 0 Å². The SMILES string of the molecule is CCC(C)n1cc(C2=c3cc[nH]c3=NC3C=C2C3)cn1.[HH]. The summed E-state index contributed by atoms with van der Waals surface area (Å²) in [5.41, 5.74) is 4.91. The molecule has 2 atom stereocenters. The summed E-state index contributed by atoms with van der Waals surface area (Å²) in [7, 11) is 0. The molecule has 0 aromatic carbocycles. The highest BCUT2D eigenvalue weighted by atomic mass is 15.3. The van der Waals surface area contributed by atoms with E-state index in [1.807, 2.05) is 12.4 Å². The summed E-state index contributed by atoms with van der Waals surface area (Å²) in [6.07, 6.45) is 10.5. The second kappa shape index (κ2) is 4.20. The maximum atomic E-state index is 4.72. The second-order valence-electron chi connectivity index (χ2n) is 5.67. The molecule has 4 nitrogen and oxygen atoms in total. The molecule has 2 unspecified atom stereocenters. The monoisotopic (exact) mass is 268 g/mol. The van der Waals surface area contributed by atoms with Crippen LogP contribution >= 0.6 is 0 Å². The maximum absolute atomic E-state index is 4.72. The van der Waals surface area contributed by atoms with Crippen LogP contribution in [0.15, 0.2) is 41.3 Å². The van der Waals surface area contributed by atoms with E-state index in [1.165, 1.54) is 21.9 Å². The van der Waals surface area contributed by atoms with Crippen molar-refractivity contribution in [3.05, 3.63) is 52.6 Å². The highest BCUT2D eigenvalue weighted by Gasteiger charge is 2.26. The van der Waals surface area contributed by atoms with Crippen LogP contribution < -0.4 is 10.7 Å². The van der Waals surface area contributed by atoms with Crippen molar-refractivity contribution in [2.24, 2.45) is 4.99 Å². The molecule has 1 N–H and O–H groups in total. The first kappa shape index (κ1) is 11.7. The summed E-state index contributed by atoms with van der Waals surface area (Å²) in [4.78, 5) is 7.97. The van der Waals surface area contributed by atoms with E-state index in [2.05, 4.69) is 47.0 Å². The third-order valence-electron chi connectivity index (χ3n) is 4.37. The fraction of sp³-hybridized carbons (Fsp3) is 0.375. The molecule has 2 aliphatic heterocycles. The summed E-state index contributed by atoms with van der Waals surface area (Å²) in [6, 6.07) is 2.91. The van der Waals surface area contributed by atoms with E-state index >= 15 is 0 Å². The molecular weight excluding hydrogens is 248 g/mol. The van der Waals surface area contributed by atoms with Gasteiger partial charge in [-0.3, -0.25) is 9.67 Å². The van der Waals surface area contributed by atoms with Gasteiger partial charge in [-0.2, -0.15) is 5.10 Å². The van der Waals surface area contributed by atoms with Crippen molar-refractivity contribution in [2.45, 2.75) is 38.8 Å². The third kappa shape index (κ3) is 1.60. The topological polar surface area (TPSA) is 46.0 Å². The van der Waals surface area contributed by atoms with E-state index in [1.54, 1.807) is 0 Å². The Balaban J connectivity index is 0.00000132. The summed E-state index contributed by atoms with van der Waals surface area (Å²) in [6.45, 7) is 4.39. The van der Waals surface area contributed by atoms with E-state index in [0.717, 1.165) is 18.3 Å². The molecule has 0 spiro atoms. The van der Waals surface area contributed by atoms with Gasteiger partial charge in [0.2, 0.25) is 0 Å². The van der Waals surface area contributed by atoms with Crippen LogP contribution in [0.2, 0.25) is 0 Å². The summed E-state index contributed by atoms with van der Waals surface area (Å²) in [5, 5.41) is 5.74. The van der Waals surface area contributed by atoms with E-state index < -0.39 is 0 Å². The van der Waals surface area contributed by atoms with Crippen molar-refractivity contribution >= 4 is 5.57 Å². The predicted octanol–water partition coefficient (Wildman–Crippen LogP) is 1.96. The lowest BCUT2D eigenvalue weighted by Gasteiger charge is -2.21. The molecule has 0 amide bonds. The first-order chi connectivity index (χ1) is 9.76. The van der Waals surface area contributed by atoms with Crippen LogP contribution in [0.3, 0.4) is 0 Å². The van der Waals surface area contributed by atoms with Gasteiger partial charge in [0, 0.05) is 30.6 Å². The lowest BCUT2D eigenvalue weighted by Crippen LogP contribution is -2.24. The van der Waals surface area contributed by atoms with Crippen molar-refractivity contribution in [2.75, 3.05) is 0 Å². The van der Waals surface area contributed by atoms with Crippen molar-refractivity contribution in [3.8, 4) is 0 Å². The van der Waals surface area contributed by atoms with E-state index in [4.69, 9.17) is 4.99 Å². The molecule has 0 fully saturated rings. The molecule has 20 heavy (non-hydrogen) atoms. The van der Waals surface area contributed by atoms with Gasteiger partial charge in [0.15, 0.2) is 0 Å². The van der Waals surface area contributed by atoms with Crippen molar-refractivity contribution in [1.29, 1.82) is 0 Å². The Hall–Kier alpha value is -2.10. The Bertz CT molecular complexity index is 811. The molecule has 3 aliphatic rings. The van der Waals surface area contributed by atoms with E-state index in [0.29, 0.717) is 12.1 Å². The molecule has 104 valence electrons. The smallest absolute Gasteiger partial charge is 0.133 e. The van der Waals surface area contributed by atoms with E-state index in [-0.39, 0.29) is 1.43 Å². The van der Waals surface area contributed by atoms with Gasteiger partial charge in [0.05, 0.1) is 12.2 Å². The molecule has 5 rings (SSSR count). The number of hydrogen-bond acceptors (Lipinski definition) is 2. The zero-order valence-electron chi connectivity index (χ0n) is 11.8. The quantitative estimate of drug-likeness (QED) is 0.908. The molecule has 2 aromatic rings. The summed E-state index contributed by atoms with van der Waals surface area (Å²) >= 11 is 0. The fourth-order valence-electron chi connectivity index (χ4n) is 2.94. The Morgan fingerprint density at radius 2 is 2.40 bits per heavy atom. The normalized spacial score (nSPS) is 21.4. The number of aromatic amines is 1. The Morgan fingerprint density at radius 3 is 3.20 bits per heavy atom. The van der Waals surface area contributed by atoms with Gasteiger partial charge in [-0.25, -0.2) is 0 Å². The van der Waals surface area contributed by atoms with Gasteiger partial charge in [-0.05, 0) is 37.0 Å². The standard InChI is InChI=1S/C16H18N4.H2/c1-3-10(2)20-9-12(8-18-20)15-11-6-13(7-11)19-16-14(15)4-5-17-16;/h4-6,8-10,13H,3,7H2,1-2H3,(H,17,19);1H. The highest BCUT2D eigenvalue weighted by molar-refractivity contribution is 5.80. The number of nitrogens with zero attached hydrogens (tertiary/aromatic N) is 3. The average Bonchev–Trinajstić information content (AvgIpc) is 3.02. The fourth-order valence-corrected chi connectivity index (χ4v) is 2.94. The van der Waals surface area contributed by atoms with Crippen molar-refractivity contribution < 1.29 is 1.43 Å². The van der Waals surface area contributed by atoms with Crippen molar-refractivity contribution in [1.82, 2.24) is 14.8 Å². The van der Waals surface area contributed by atoms with Crippen LogP contribution in [0.25, 0.3) is 5.57 Å². The minimum Gasteiger partial charge on any atom is -0.346 e. The summed E-state index contributed by atoms with van der Waals surface area (Å²) in [5.74, 6) is 0. The number of hydrogen-bond donors (Lipinski definition) is 1. The number of H-pyrrole nitrogens is 1. The first-order valence-electron chi connectivity index (χ1n) is 7.27. The number of rotatable bonds is 3. The zero-order chi connectivity index (χ0) is 13.7. The first-order valence-corrected chi connectivity index (χ1v) is 7.27.